The number of piperidine rings is 1. The van der Waals surface area contributed by atoms with Gasteiger partial charge in [0.2, 0.25) is 10.0 Å². The van der Waals surface area contributed by atoms with E-state index in [9.17, 15) is 13.2 Å². The molecule has 1 aliphatic heterocycles. The summed E-state index contributed by atoms with van der Waals surface area (Å²) in [6, 6.07) is 10.8. The van der Waals surface area contributed by atoms with Gasteiger partial charge in [-0.05, 0) is 55.4 Å². The zero-order valence-electron chi connectivity index (χ0n) is 19.3. The molecular formula is C24H35N3O3S2. The number of carbonyl (C=O) groups excluding carboxylic acids is 1. The lowest BCUT2D eigenvalue weighted by Crippen LogP contribution is -2.38. The molecule has 2 heterocycles. The molecule has 176 valence electrons. The smallest absolute Gasteiger partial charge is 0.243 e. The Hall–Kier alpha value is -1.58. The molecule has 1 fully saturated rings. The number of rotatable bonds is 11. The van der Waals surface area contributed by atoms with Crippen LogP contribution in [0, 0.1) is 5.92 Å². The van der Waals surface area contributed by atoms with Crippen molar-refractivity contribution in [1.29, 1.82) is 0 Å². The second-order valence-corrected chi connectivity index (χ2v) is 11.3. The summed E-state index contributed by atoms with van der Waals surface area (Å²) in [6.45, 7) is 10.4. The van der Waals surface area contributed by atoms with Crippen molar-refractivity contribution in [3.05, 3.63) is 52.2 Å². The lowest BCUT2D eigenvalue weighted by Gasteiger charge is -2.29. The minimum absolute atomic E-state index is 0.0368. The lowest BCUT2D eigenvalue weighted by molar-refractivity contribution is 0.0987. The Morgan fingerprint density at radius 3 is 2.38 bits per heavy atom. The van der Waals surface area contributed by atoms with Crippen LogP contribution < -0.4 is 5.32 Å². The van der Waals surface area contributed by atoms with E-state index in [0.717, 1.165) is 25.9 Å². The Morgan fingerprint density at radius 2 is 1.81 bits per heavy atom. The van der Waals surface area contributed by atoms with E-state index in [-0.39, 0.29) is 23.3 Å². The van der Waals surface area contributed by atoms with Crippen LogP contribution in [0.25, 0.3) is 0 Å². The Bertz CT molecular complexity index is 947. The van der Waals surface area contributed by atoms with E-state index in [4.69, 9.17) is 0 Å². The minimum atomic E-state index is -3.49. The number of carbonyl (C=O) groups is 1. The average molecular weight is 478 g/mol. The van der Waals surface area contributed by atoms with Crippen LogP contribution in [0.15, 0.2) is 46.7 Å². The summed E-state index contributed by atoms with van der Waals surface area (Å²) >= 11 is 1.73. The average Bonchev–Trinajstić information content (AvgIpc) is 3.33. The fraction of sp³-hybridized carbons (Fsp3) is 0.542. The topological polar surface area (TPSA) is 69.7 Å². The maximum atomic E-state index is 12.9. The van der Waals surface area contributed by atoms with Crippen LogP contribution in [0.2, 0.25) is 0 Å². The van der Waals surface area contributed by atoms with Crippen LogP contribution in [0.1, 0.15) is 54.9 Å². The van der Waals surface area contributed by atoms with E-state index in [1.165, 1.54) is 4.88 Å². The van der Waals surface area contributed by atoms with Gasteiger partial charge in [0.25, 0.3) is 0 Å². The van der Waals surface area contributed by atoms with E-state index >= 15 is 0 Å². The number of ketones is 1. The molecule has 8 heteroatoms. The molecule has 1 saturated heterocycles. The molecule has 0 aliphatic carbocycles. The molecule has 1 aromatic heterocycles. The van der Waals surface area contributed by atoms with Crippen molar-refractivity contribution < 1.29 is 13.2 Å². The van der Waals surface area contributed by atoms with Gasteiger partial charge in [0.1, 0.15) is 0 Å². The van der Waals surface area contributed by atoms with Crippen LogP contribution in [-0.4, -0.2) is 62.7 Å². The number of thiophene rings is 1. The first-order chi connectivity index (χ1) is 15.4. The fourth-order valence-electron chi connectivity index (χ4n) is 4.17. The SMILES string of the molecule is CCN(CC)C(CNCC(=O)c1ccc(S(=O)(=O)N2CCC(C)CC2)cc1)c1cccs1. The molecular weight excluding hydrogens is 442 g/mol. The van der Waals surface area contributed by atoms with Gasteiger partial charge in [-0.2, -0.15) is 4.31 Å². The summed E-state index contributed by atoms with van der Waals surface area (Å²) in [5.41, 5.74) is 0.527. The second-order valence-electron chi connectivity index (χ2n) is 8.42. The molecule has 0 bridgehead atoms. The van der Waals surface area contributed by atoms with Gasteiger partial charge in [0.15, 0.2) is 5.78 Å². The third-order valence-electron chi connectivity index (χ3n) is 6.30. The van der Waals surface area contributed by atoms with Gasteiger partial charge in [-0.1, -0.05) is 39.0 Å². The third-order valence-corrected chi connectivity index (χ3v) is 9.19. The van der Waals surface area contributed by atoms with Gasteiger partial charge in [0, 0.05) is 30.1 Å². The summed E-state index contributed by atoms with van der Waals surface area (Å²) in [6.07, 6.45) is 1.78. The zero-order chi connectivity index (χ0) is 23.1. The highest BCUT2D eigenvalue weighted by molar-refractivity contribution is 7.89. The highest BCUT2D eigenvalue weighted by Crippen LogP contribution is 2.25. The van der Waals surface area contributed by atoms with Gasteiger partial charge in [-0.15, -0.1) is 11.3 Å². The Labute approximate surface area is 196 Å². The number of sulfonamides is 1. The third kappa shape index (κ3) is 6.05. The highest BCUT2D eigenvalue weighted by atomic mass is 32.2. The first-order valence-corrected chi connectivity index (χ1v) is 13.8. The molecule has 1 aromatic carbocycles. The molecule has 0 saturated carbocycles. The number of hydrogen-bond donors (Lipinski definition) is 1. The maximum absolute atomic E-state index is 12.9. The first kappa shape index (κ1) is 25.1. The summed E-state index contributed by atoms with van der Waals surface area (Å²) in [5.74, 6) is 0.528. The summed E-state index contributed by atoms with van der Waals surface area (Å²) in [5, 5.41) is 5.39. The number of Topliss-reactive ketones (excluding diaryl/α,β-unsaturated/α-hetero) is 1. The first-order valence-electron chi connectivity index (χ1n) is 11.5. The van der Waals surface area contributed by atoms with Crippen LogP contribution in [0.3, 0.4) is 0 Å². The second kappa shape index (κ2) is 11.5. The van der Waals surface area contributed by atoms with Crippen molar-refractivity contribution in [2.75, 3.05) is 39.3 Å². The van der Waals surface area contributed by atoms with Crippen molar-refractivity contribution in [1.82, 2.24) is 14.5 Å². The number of likely N-dealkylation sites (N-methyl/N-ethyl adjacent to an activating group) is 1. The molecule has 2 aromatic rings. The molecule has 6 nitrogen and oxygen atoms in total. The molecule has 0 radical (unpaired) electrons. The van der Waals surface area contributed by atoms with Crippen molar-refractivity contribution in [3.8, 4) is 0 Å². The lowest BCUT2D eigenvalue weighted by atomic mass is 10.0. The van der Waals surface area contributed by atoms with E-state index < -0.39 is 10.0 Å². The highest BCUT2D eigenvalue weighted by Gasteiger charge is 2.28. The number of hydrogen-bond acceptors (Lipinski definition) is 6. The van der Waals surface area contributed by atoms with Crippen LogP contribution in [0.5, 0.6) is 0 Å². The van der Waals surface area contributed by atoms with E-state index in [1.54, 1.807) is 39.9 Å². The van der Waals surface area contributed by atoms with Crippen molar-refractivity contribution in [3.63, 3.8) is 0 Å². The molecule has 1 N–H and O–H groups in total. The summed E-state index contributed by atoms with van der Waals surface area (Å²) in [4.78, 5) is 16.6. The van der Waals surface area contributed by atoms with Crippen molar-refractivity contribution in [2.24, 2.45) is 5.92 Å². The van der Waals surface area contributed by atoms with Crippen LogP contribution in [0.4, 0.5) is 0 Å². The Balaban J connectivity index is 1.58. The molecule has 1 unspecified atom stereocenters. The quantitative estimate of drug-likeness (QED) is 0.495. The van der Waals surface area contributed by atoms with E-state index in [2.05, 4.69) is 48.5 Å². The minimum Gasteiger partial charge on any atom is -0.308 e. The van der Waals surface area contributed by atoms with E-state index in [1.807, 2.05) is 0 Å². The number of nitrogens with zero attached hydrogens (tertiary/aromatic N) is 2. The van der Waals surface area contributed by atoms with Crippen LogP contribution >= 0.6 is 11.3 Å². The predicted octanol–water partition coefficient (Wildman–Crippen LogP) is 4.02. The standard InChI is InChI=1S/C24H35N3O3S2/c1-4-26(5-2)22(24-7-6-16-31-24)17-25-18-23(28)20-8-10-21(11-9-20)32(29,30)27-14-12-19(3)13-15-27/h6-11,16,19,22,25H,4-5,12-15,17-18H2,1-3H3. The van der Waals surface area contributed by atoms with Gasteiger partial charge in [-0.25, -0.2) is 8.42 Å². The van der Waals surface area contributed by atoms with Crippen LogP contribution in [-0.2, 0) is 10.0 Å². The monoisotopic (exact) mass is 477 g/mol. The number of benzene rings is 1. The molecule has 0 spiro atoms. The van der Waals surface area contributed by atoms with Crippen molar-refractivity contribution >= 4 is 27.1 Å². The molecule has 32 heavy (non-hydrogen) atoms. The summed E-state index contributed by atoms with van der Waals surface area (Å²) < 4.78 is 27.3. The van der Waals surface area contributed by atoms with Gasteiger partial charge >= 0.3 is 0 Å². The molecule has 1 atom stereocenters. The molecule has 0 amide bonds. The van der Waals surface area contributed by atoms with Gasteiger partial charge in [-0.3, -0.25) is 9.69 Å². The van der Waals surface area contributed by atoms with Gasteiger partial charge in [0.05, 0.1) is 17.5 Å². The summed E-state index contributed by atoms with van der Waals surface area (Å²) in [7, 11) is -3.49. The molecule has 1 aliphatic rings. The largest absolute Gasteiger partial charge is 0.308 e. The Morgan fingerprint density at radius 1 is 1.16 bits per heavy atom. The van der Waals surface area contributed by atoms with E-state index in [0.29, 0.717) is 31.1 Å². The Kier molecular flexibility index (Phi) is 9.02. The zero-order valence-corrected chi connectivity index (χ0v) is 20.9. The fourth-order valence-corrected chi connectivity index (χ4v) is 6.50. The van der Waals surface area contributed by atoms with Crippen molar-refractivity contribution in [2.45, 2.75) is 44.6 Å². The molecule has 3 rings (SSSR count). The normalized spacial score (nSPS) is 17.0. The van der Waals surface area contributed by atoms with Gasteiger partial charge < -0.3 is 5.32 Å². The predicted molar refractivity (Wildman–Crippen MR) is 131 cm³/mol. The maximum Gasteiger partial charge on any atom is 0.243 e. The number of nitrogens with one attached hydrogen (secondary N) is 1.